The van der Waals surface area contributed by atoms with E-state index in [0.717, 1.165) is 40.1 Å². The number of fused-ring (bicyclic) bond motifs is 2. The molecule has 226 valence electrons. The van der Waals surface area contributed by atoms with Gasteiger partial charge in [-0.25, -0.2) is 4.90 Å². The second kappa shape index (κ2) is 11.7. The predicted octanol–water partition coefficient (Wildman–Crippen LogP) is 6.68. The molecule has 3 heterocycles. The van der Waals surface area contributed by atoms with Crippen LogP contribution in [0.1, 0.15) is 21.9 Å². The molecule has 6 rings (SSSR count). The fraction of sp³-hybridized carbons (Fsp3) is 0.172. The summed E-state index contributed by atoms with van der Waals surface area (Å²) in [6, 6.07) is 15.7. The van der Waals surface area contributed by atoms with Gasteiger partial charge in [-0.05, 0) is 54.6 Å². The molecule has 2 aliphatic rings. The zero-order chi connectivity index (χ0) is 31.3. The first-order chi connectivity index (χ1) is 20.9. The van der Waals surface area contributed by atoms with E-state index in [9.17, 15) is 32.3 Å². The summed E-state index contributed by atoms with van der Waals surface area (Å²) in [5.74, 6) is -3.41. The van der Waals surface area contributed by atoms with Gasteiger partial charge in [-0.15, -0.1) is 0 Å². The Hall–Kier alpha value is -3.59. The number of thioether (sulfide) groups is 1. The fourth-order valence-corrected chi connectivity index (χ4v) is 8.27. The standard InChI is InChI=1S/C29H18BrClF3N3O5S2/c30-13-5-10-19(42-12-20(38)35-18-4-2-1-3-17(18)29(32,33)34)16(11-13)21-22-24(43-25-23(21)44-28(41)36-25)27(40)37(26(22)39)15-8-6-14(31)7-9-15/h1-11,21-22,24H,12H2,(H,35,38)(H,36,41)/t21-,22-,24+/m0/s1. The lowest BCUT2D eigenvalue weighted by atomic mass is 9.82. The van der Waals surface area contributed by atoms with Crippen LogP contribution in [0.15, 0.2) is 81.0 Å². The zero-order valence-corrected chi connectivity index (χ0v) is 26.0. The maximum Gasteiger partial charge on any atom is 0.418 e. The van der Waals surface area contributed by atoms with Crippen molar-refractivity contribution in [2.24, 2.45) is 5.92 Å². The third-order valence-electron chi connectivity index (χ3n) is 7.08. The maximum absolute atomic E-state index is 14.0. The number of imide groups is 1. The monoisotopic (exact) mass is 723 g/mol. The SMILES string of the molecule is O=C(COc1ccc(Br)cc1[C@@H]1c2sc(=O)[nH]c2S[C@H]2C(=O)N(c3ccc(Cl)cc3)C(=O)[C@@H]12)Nc1ccccc1C(F)(F)F. The Morgan fingerprint density at radius 2 is 1.77 bits per heavy atom. The molecule has 0 unspecified atom stereocenters. The van der Waals surface area contributed by atoms with Crippen molar-refractivity contribution in [3.05, 3.63) is 102 Å². The molecule has 0 aliphatic carbocycles. The number of aromatic nitrogens is 1. The first-order valence-corrected chi connectivity index (χ1v) is 15.7. The summed E-state index contributed by atoms with van der Waals surface area (Å²) < 4.78 is 46.7. The molecule has 3 atom stereocenters. The lowest BCUT2D eigenvalue weighted by Gasteiger charge is -2.31. The van der Waals surface area contributed by atoms with E-state index in [1.165, 1.54) is 12.1 Å². The van der Waals surface area contributed by atoms with Crippen LogP contribution in [0.2, 0.25) is 5.02 Å². The molecule has 44 heavy (non-hydrogen) atoms. The molecule has 1 fully saturated rings. The Morgan fingerprint density at radius 1 is 1.05 bits per heavy atom. The van der Waals surface area contributed by atoms with Crippen molar-refractivity contribution in [1.82, 2.24) is 4.98 Å². The van der Waals surface area contributed by atoms with Crippen LogP contribution in [0.3, 0.4) is 0 Å². The van der Waals surface area contributed by atoms with Crippen LogP contribution in [0, 0.1) is 5.92 Å². The molecule has 0 saturated carbocycles. The third kappa shape index (κ3) is 5.67. The highest BCUT2D eigenvalue weighted by atomic mass is 79.9. The highest BCUT2D eigenvalue weighted by molar-refractivity contribution is 9.10. The number of carbonyl (C=O) groups is 3. The van der Waals surface area contributed by atoms with Crippen molar-refractivity contribution in [3.63, 3.8) is 0 Å². The van der Waals surface area contributed by atoms with Gasteiger partial charge in [0.15, 0.2) is 6.61 Å². The van der Waals surface area contributed by atoms with Crippen molar-refractivity contribution in [2.75, 3.05) is 16.8 Å². The number of aromatic amines is 1. The lowest BCUT2D eigenvalue weighted by molar-refractivity contribution is -0.137. The minimum Gasteiger partial charge on any atom is -0.483 e. The minimum absolute atomic E-state index is 0.153. The van der Waals surface area contributed by atoms with Gasteiger partial charge in [0.2, 0.25) is 11.8 Å². The number of alkyl halides is 3. The number of rotatable bonds is 6. The Kier molecular flexibility index (Phi) is 8.11. The summed E-state index contributed by atoms with van der Waals surface area (Å²) in [5.41, 5.74) is -0.672. The molecule has 2 N–H and O–H groups in total. The number of halogens is 5. The number of nitrogens with zero attached hydrogens (tertiary/aromatic N) is 1. The van der Waals surface area contributed by atoms with E-state index in [-0.39, 0.29) is 10.6 Å². The van der Waals surface area contributed by atoms with E-state index in [4.69, 9.17) is 16.3 Å². The largest absolute Gasteiger partial charge is 0.483 e. The molecular formula is C29H18BrClF3N3O5S2. The summed E-state index contributed by atoms with van der Waals surface area (Å²) in [4.78, 5) is 56.8. The van der Waals surface area contributed by atoms with Gasteiger partial charge >= 0.3 is 11.0 Å². The molecule has 1 saturated heterocycles. The van der Waals surface area contributed by atoms with Crippen LogP contribution in [0.4, 0.5) is 24.5 Å². The van der Waals surface area contributed by atoms with E-state index in [2.05, 4.69) is 26.2 Å². The maximum atomic E-state index is 14.0. The van der Waals surface area contributed by atoms with Crippen molar-refractivity contribution in [1.29, 1.82) is 0 Å². The van der Waals surface area contributed by atoms with E-state index in [0.29, 0.717) is 30.6 Å². The number of hydrogen-bond acceptors (Lipinski definition) is 7. The topological polar surface area (TPSA) is 109 Å². The van der Waals surface area contributed by atoms with Crippen LogP contribution >= 0.6 is 50.6 Å². The second-order valence-corrected chi connectivity index (χ2v) is 13.3. The van der Waals surface area contributed by atoms with Gasteiger partial charge in [0.1, 0.15) is 11.0 Å². The van der Waals surface area contributed by atoms with Gasteiger partial charge in [0.05, 0.1) is 27.9 Å². The molecule has 0 spiro atoms. The Balaban J connectivity index is 1.34. The van der Waals surface area contributed by atoms with Gasteiger partial charge in [0, 0.05) is 25.9 Å². The molecule has 2 aliphatic heterocycles. The van der Waals surface area contributed by atoms with Gasteiger partial charge in [-0.2, -0.15) is 13.2 Å². The Labute approximate surface area is 268 Å². The van der Waals surface area contributed by atoms with Crippen molar-refractivity contribution in [2.45, 2.75) is 22.4 Å². The van der Waals surface area contributed by atoms with E-state index in [1.807, 2.05) is 0 Å². The average molecular weight is 725 g/mol. The number of nitrogens with one attached hydrogen (secondary N) is 2. The summed E-state index contributed by atoms with van der Waals surface area (Å²) in [5, 5.41) is 2.23. The number of carbonyl (C=O) groups excluding carboxylic acids is 3. The predicted molar refractivity (Wildman–Crippen MR) is 164 cm³/mol. The number of H-pyrrole nitrogens is 1. The van der Waals surface area contributed by atoms with E-state index in [1.54, 1.807) is 42.5 Å². The molecule has 1 aromatic heterocycles. The highest BCUT2D eigenvalue weighted by Gasteiger charge is 2.57. The van der Waals surface area contributed by atoms with Crippen LogP contribution in [-0.2, 0) is 20.6 Å². The number of amides is 3. The van der Waals surface area contributed by atoms with Gasteiger partial charge in [0.25, 0.3) is 5.91 Å². The number of hydrogen-bond donors (Lipinski definition) is 2. The Bertz CT molecular complexity index is 1860. The van der Waals surface area contributed by atoms with Crippen LogP contribution in [-0.4, -0.2) is 34.6 Å². The Morgan fingerprint density at radius 3 is 2.50 bits per heavy atom. The molecule has 8 nitrogen and oxygen atoms in total. The molecule has 4 aromatic rings. The van der Waals surface area contributed by atoms with Gasteiger partial charge in [-0.3, -0.25) is 19.2 Å². The number of thiazole rings is 1. The normalized spacial score (nSPS) is 19.5. The second-order valence-electron chi connectivity index (χ2n) is 9.80. The van der Waals surface area contributed by atoms with Crippen molar-refractivity contribution >= 4 is 79.7 Å². The number of anilines is 2. The van der Waals surface area contributed by atoms with Crippen molar-refractivity contribution in [3.8, 4) is 5.75 Å². The number of ether oxygens (including phenoxy) is 1. The third-order valence-corrected chi connectivity index (χ3v) is 10.2. The summed E-state index contributed by atoms with van der Waals surface area (Å²) in [6.45, 7) is -0.656. The molecule has 3 aromatic carbocycles. The lowest BCUT2D eigenvalue weighted by Crippen LogP contribution is -2.32. The smallest absolute Gasteiger partial charge is 0.418 e. The van der Waals surface area contributed by atoms with E-state index >= 15 is 0 Å². The summed E-state index contributed by atoms with van der Waals surface area (Å²) in [6.07, 6.45) is -4.68. The number of benzene rings is 3. The number of para-hydroxylation sites is 1. The zero-order valence-electron chi connectivity index (χ0n) is 22.0. The fourth-order valence-electron chi connectivity index (χ4n) is 5.26. The van der Waals surface area contributed by atoms with Gasteiger partial charge in [-0.1, -0.05) is 62.8 Å². The van der Waals surface area contributed by atoms with Crippen molar-refractivity contribution < 1.29 is 32.3 Å². The minimum atomic E-state index is -4.68. The van der Waals surface area contributed by atoms with Crippen LogP contribution in [0.25, 0.3) is 0 Å². The highest BCUT2D eigenvalue weighted by Crippen LogP contribution is 2.54. The first kappa shape index (κ1) is 30.4. The molecule has 15 heteroatoms. The van der Waals surface area contributed by atoms with Crippen LogP contribution < -0.4 is 19.8 Å². The van der Waals surface area contributed by atoms with Crippen LogP contribution in [0.5, 0.6) is 5.75 Å². The molecule has 3 amide bonds. The van der Waals surface area contributed by atoms with Gasteiger partial charge < -0.3 is 15.0 Å². The molecular weight excluding hydrogens is 707 g/mol. The first-order valence-electron chi connectivity index (χ1n) is 12.8. The molecule has 0 bridgehead atoms. The average Bonchev–Trinajstić information content (AvgIpc) is 3.46. The van der Waals surface area contributed by atoms with E-state index < -0.39 is 58.8 Å². The summed E-state index contributed by atoms with van der Waals surface area (Å²) in [7, 11) is 0. The molecule has 0 radical (unpaired) electrons. The quantitative estimate of drug-likeness (QED) is 0.215. The summed E-state index contributed by atoms with van der Waals surface area (Å²) >= 11 is 11.4.